The van der Waals surface area contributed by atoms with Crippen LogP contribution in [0.3, 0.4) is 0 Å². The summed E-state index contributed by atoms with van der Waals surface area (Å²) in [6.07, 6.45) is 4.37. The van der Waals surface area contributed by atoms with Gasteiger partial charge in [-0.1, -0.05) is 20.8 Å². The summed E-state index contributed by atoms with van der Waals surface area (Å²) in [6, 6.07) is 3.63. The third-order valence-corrected chi connectivity index (χ3v) is 8.33. The first-order chi connectivity index (χ1) is 21.0. The Morgan fingerprint density at radius 2 is 1.86 bits per heavy atom. The number of hydrogen-bond acceptors (Lipinski definition) is 8. The van der Waals surface area contributed by atoms with Gasteiger partial charge in [0.2, 0.25) is 11.8 Å². The summed E-state index contributed by atoms with van der Waals surface area (Å²) in [7, 11) is 1.49. The number of nitrogens with one attached hydrogen (secondary N) is 2. The van der Waals surface area contributed by atoms with Crippen molar-refractivity contribution in [3.05, 3.63) is 36.4 Å². The molecule has 2 N–H and O–H groups in total. The molecule has 240 valence electrons. The van der Waals surface area contributed by atoms with Crippen molar-refractivity contribution >= 4 is 23.6 Å². The van der Waals surface area contributed by atoms with Crippen LogP contribution < -0.4 is 20.1 Å². The van der Waals surface area contributed by atoms with E-state index in [0.717, 1.165) is 12.8 Å². The molecule has 1 aromatic carbocycles. The van der Waals surface area contributed by atoms with E-state index < -0.39 is 24.1 Å². The van der Waals surface area contributed by atoms with E-state index in [1.807, 2.05) is 13.8 Å². The molecule has 44 heavy (non-hydrogen) atoms. The average molecular weight is 612 g/mol. The number of piperidine rings is 1. The number of aromatic nitrogens is 3. The minimum absolute atomic E-state index is 0.0393. The number of hydrogen-bond donors (Lipinski definition) is 2. The molecule has 4 rings (SSSR count). The highest BCUT2D eigenvalue weighted by atomic mass is 16.5. The van der Waals surface area contributed by atoms with Crippen LogP contribution in [0.25, 0.3) is 0 Å². The molecule has 13 nitrogen and oxygen atoms in total. The highest BCUT2D eigenvalue weighted by molar-refractivity contribution is 5.95. The van der Waals surface area contributed by atoms with Crippen molar-refractivity contribution in [3.63, 3.8) is 0 Å². The molecule has 1 saturated heterocycles. The van der Waals surface area contributed by atoms with E-state index in [1.165, 1.54) is 18.3 Å². The van der Waals surface area contributed by atoms with Crippen LogP contribution in [0.5, 0.6) is 11.5 Å². The molecule has 1 fully saturated rings. The summed E-state index contributed by atoms with van der Waals surface area (Å²) in [5.41, 5.74) is 0.323. The first-order valence-corrected chi connectivity index (χ1v) is 15.4. The molecule has 2 bridgehead atoms. The number of nitrogens with zero attached hydrogens (tertiary/aromatic N) is 5. The molecule has 13 heteroatoms. The Balaban J connectivity index is 1.63. The number of carbonyl (C=O) groups is 4. The van der Waals surface area contributed by atoms with E-state index in [2.05, 4.69) is 27.6 Å². The highest BCUT2D eigenvalue weighted by Gasteiger charge is 2.35. The molecule has 2 aliphatic rings. The Labute approximate surface area is 258 Å². The summed E-state index contributed by atoms with van der Waals surface area (Å²) >= 11 is 0. The third kappa shape index (κ3) is 8.48. The fourth-order valence-electron chi connectivity index (χ4n) is 5.44. The number of carbonyl (C=O) groups excluding carboxylic acids is 4. The second kappa shape index (κ2) is 15.0. The maximum atomic E-state index is 13.8. The maximum absolute atomic E-state index is 13.8. The number of ether oxygens (including phenoxy) is 2. The van der Waals surface area contributed by atoms with Gasteiger partial charge in [0.05, 0.1) is 19.7 Å². The van der Waals surface area contributed by atoms with E-state index >= 15 is 0 Å². The molecule has 2 aliphatic heterocycles. The smallest absolute Gasteiger partial charge is 0.265 e. The van der Waals surface area contributed by atoms with E-state index in [0.29, 0.717) is 43.3 Å². The van der Waals surface area contributed by atoms with Crippen LogP contribution in [0.2, 0.25) is 0 Å². The first-order valence-electron chi connectivity index (χ1n) is 15.4. The minimum atomic E-state index is -1.09. The topological polar surface area (TPSA) is 148 Å². The molecule has 3 atom stereocenters. The molecule has 0 unspecified atom stereocenters. The largest absolute Gasteiger partial charge is 0.493 e. The normalized spacial score (nSPS) is 22.1. The molecule has 0 aliphatic carbocycles. The second-order valence-electron chi connectivity index (χ2n) is 12.1. The Morgan fingerprint density at radius 1 is 1.11 bits per heavy atom. The summed E-state index contributed by atoms with van der Waals surface area (Å²) in [6.45, 7) is 9.36. The van der Waals surface area contributed by atoms with Crippen molar-refractivity contribution in [1.82, 2.24) is 35.2 Å². The number of fused-ring (bicyclic) bond motifs is 2. The van der Waals surface area contributed by atoms with Crippen molar-refractivity contribution in [2.75, 3.05) is 33.3 Å². The Bertz CT molecular complexity index is 1290. The predicted octanol–water partition coefficient (Wildman–Crippen LogP) is 1.87. The number of methoxy groups -OCH3 is 1. The van der Waals surface area contributed by atoms with Gasteiger partial charge in [-0.15, -0.1) is 0 Å². The summed E-state index contributed by atoms with van der Waals surface area (Å²) in [4.78, 5) is 61.4. The van der Waals surface area contributed by atoms with Crippen LogP contribution in [-0.2, 0) is 20.9 Å². The van der Waals surface area contributed by atoms with Gasteiger partial charge in [0.25, 0.3) is 11.8 Å². The van der Waals surface area contributed by atoms with Gasteiger partial charge in [-0.05, 0) is 56.2 Å². The zero-order valence-electron chi connectivity index (χ0n) is 26.3. The van der Waals surface area contributed by atoms with Crippen molar-refractivity contribution in [1.29, 1.82) is 0 Å². The number of rotatable bonds is 7. The van der Waals surface area contributed by atoms with Crippen molar-refractivity contribution in [2.45, 2.75) is 78.1 Å². The lowest BCUT2D eigenvalue weighted by molar-refractivity contribution is -0.142. The molecule has 3 heterocycles. The standard InChI is InChI=1S/C31H45N7O6/c1-20(2)24-16-37(28(40)7-6-12-38-19-32-18-33-38)17-27(39)34-22(4)29(31(42)36-13-10-21(3)11-14-36)44-26-15-23(30(41)35-24)8-9-25(26)43-5/h8-9,15,18-22,24,29H,6-7,10-14,16-17H2,1-5H3,(H,34,39)(H,35,41)/t22-,24+,29+/m0/s1. The molecule has 1 aromatic heterocycles. The van der Waals surface area contributed by atoms with Crippen LogP contribution in [0, 0.1) is 11.8 Å². The van der Waals surface area contributed by atoms with Crippen molar-refractivity contribution in [2.24, 2.45) is 11.8 Å². The van der Waals surface area contributed by atoms with Gasteiger partial charge >= 0.3 is 0 Å². The van der Waals surface area contributed by atoms with E-state index in [4.69, 9.17) is 9.47 Å². The Morgan fingerprint density at radius 3 is 2.52 bits per heavy atom. The number of likely N-dealkylation sites (tertiary alicyclic amines) is 1. The summed E-state index contributed by atoms with van der Waals surface area (Å²) < 4.78 is 13.5. The zero-order valence-corrected chi connectivity index (χ0v) is 26.3. The molecular formula is C31H45N7O6. The lowest BCUT2D eigenvalue weighted by atomic mass is 9.98. The fourth-order valence-corrected chi connectivity index (χ4v) is 5.44. The first kappa shape index (κ1) is 32.7. The maximum Gasteiger partial charge on any atom is 0.265 e. The number of aryl methyl sites for hydroxylation is 1. The van der Waals surface area contributed by atoms with Gasteiger partial charge in [-0.3, -0.25) is 23.9 Å². The SMILES string of the molecule is COc1ccc2cc1O[C@@H](C(=O)N1CCC(C)CC1)[C@H](C)NC(=O)CN(C(=O)CCCn1cncn1)C[C@H](C(C)C)NC2=O. The lowest BCUT2D eigenvalue weighted by Gasteiger charge is -2.35. The highest BCUT2D eigenvalue weighted by Crippen LogP contribution is 2.31. The average Bonchev–Trinajstić information content (AvgIpc) is 3.52. The monoisotopic (exact) mass is 611 g/mol. The van der Waals surface area contributed by atoms with Crippen LogP contribution in [-0.4, -0.2) is 99.7 Å². The van der Waals surface area contributed by atoms with Gasteiger partial charge in [0, 0.05) is 44.2 Å². The van der Waals surface area contributed by atoms with Crippen LogP contribution in [0.1, 0.15) is 63.7 Å². The van der Waals surface area contributed by atoms with Gasteiger partial charge < -0.3 is 29.9 Å². The van der Waals surface area contributed by atoms with Gasteiger partial charge in [-0.25, -0.2) is 4.98 Å². The lowest BCUT2D eigenvalue weighted by Crippen LogP contribution is -2.56. The second-order valence-corrected chi connectivity index (χ2v) is 12.1. The number of benzene rings is 1. The van der Waals surface area contributed by atoms with Gasteiger partial charge in [-0.2, -0.15) is 5.10 Å². The predicted molar refractivity (Wildman–Crippen MR) is 162 cm³/mol. The van der Waals surface area contributed by atoms with E-state index in [1.54, 1.807) is 41.0 Å². The minimum Gasteiger partial charge on any atom is -0.493 e. The third-order valence-electron chi connectivity index (χ3n) is 8.33. The van der Waals surface area contributed by atoms with Gasteiger partial charge in [0.15, 0.2) is 17.6 Å². The molecule has 0 radical (unpaired) electrons. The molecule has 2 aromatic rings. The Kier molecular flexibility index (Phi) is 11.2. The molecule has 0 saturated carbocycles. The van der Waals surface area contributed by atoms with Gasteiger partial charge in [0.1, 0.15) is 12.7 Å². The molecule has 4 amide bonds. The molecular weight excluding hydrogens is 566 g/mol. The van der Waals surface area contributed by atoms with E-state index in [-0.39, 0.29) is 48.9 Å². The quantitative estimate of drug-likeness (QED) is 0.482. The zero-order chi connectivity index (χ0) is 31.8. The molecule has 0 spiro atoms. The van der Waals surface area contributed by atoms with Crippen molar-refractivity contribution < 1.29 is 28.7 Å². The fraction of sp³-hybridized carbons (Fsp3) is 0.613. The van der Waals surface area contributed by atoms with E-state index in [9.17, 15) is 19.2 Å². The number of amides is 4. The van der Waals surface area contributed by atoms with Crippen LogP contribution in [0.4, 0.5) is 0 Å². The Hall–Kier alpha value is -4.16. The van der Waals surface area contributed by atoms with Crippen molar-refractivity contribution in [3.8, 4) is 11.5 Å². The van der Waals surface area contributed by atoms with Crippen LogP contribution in [0.15, 0.2) is 30.9 Å². The summed E-state index contributed by atoms with van der Waals surface area (Å²) in [5.74, 6) is -0.201. The van der Waals surface area contributed by atoms with Crippen LogP contribution >= 0.6 is 0 Å². The summed E-state index contributed by atoms with van der Waals surface area (Å²) in [5, 5.41) is 10.0.